The SMILES string of the molecule is O=C(O)[C@@H]1Nc2ccc([N+](=O)[O-])cc2[C@@H]2C=CC[C@H]12. The zero-order chi connectivity index (χ0) is 13.6. The van der Waals surface area contributed by atoms with Gasteiger partial charge in [0.15, 0.2) is 0 Å². The molecule has 0 saturated heterocycles. The zero-order valence-electron chi connectivity index (χ0n) is 9.95. The van der Waals surface area contributed by atoms with E-state index in [1.807, 2.05) is 12.2 Å². The number of hydrogen-bond donors (Lipinski definition) is 2. The molecule has 1 aromatic carbocycles. The van der Waals surface area contributed by atoms with Crippen molar-refractivity contribution in [1.29, 1.82) is 0 Å². The van der Waals surface area contributed by atoms with Gasteiger partial charge in [0.2, 0.25) is 0 Å². The van der Waals surface area contributed by atoms with E-state index in [2.05, 4.69) is 5.32 Å². The van der Waals surface area contributed by atoms with Gasteiger partial charge in [0.1, 0.15) is 6.04 Å². The first-order chi connectivity index (χ1) is 9.08. The molecule has 6 nitrogen and oxygen atoms in total. The fourth-order valence-electron chi connectivity index (χ4n) is 2.94. The van der Waals surface area contributed by atoms with E-state index >= 15 is 0 Å². The lowest BCUT2D eigenvalue weighted by Gasteiger charge is -2.34. The third-order valence-corrected chi connectivity index (χ3v) is 3.82. The topological polar surface area (TPSA) is 92.5 Å². The molecule has 0 radical (unpaired) electrons. The molecule has 0 bridgehead atoms. The summed E-state index contributed by atoms with van der Waals surface area (Å²) < 4.78 is 0. The Hall–Kier alpha value is -2.37. The van der Waals surface area contributed by atoms with E-state index in [4.69, 9.17) is 0 Å². The lowest BCUT2D eigenvalue weighted by atomic mass is 9.79. The molecule has 3 atom stereocenters. The van der Waals surface area contributed by atoms with Gasteiger partial charge in [-0.1, -0.05) is 12.2 Å². The number of non-ortho nitro benzene ring substituents is 1. The Bertz CT molecular complexity index is 596. The maximum atomic E-state index is 11.3. The van der Waals surface area contributed by atoms with Crippen LogP contribution < -0.4 is 5.32 Å². The van der Waals surface area contributed by atoms with Crippen molar-refractivity contribution >= 4 is 17.3 Å². The maximum absolute atomic E-state index is 11.3. The number of allylic oxidation sites excluding steroid dienone is 2. The first kappa shape index (κ1) is 11.7. The number of hydrogen-bond acceptors (Lipinski definition) is 4. The molecule has 0 spiro atoms. The summed E-state index contributed by atoms with van der Waals surface area (Å²) in [6.45, 7) is 0. The van der Waals surface area contributed by atoms with Crippen LogP contribution >= 0.6 is 0 Å². The van der Waals surface area contributed by atoms with Gasteiger partial charge in [0.05, 0.1) is 4.92 Å². The molecule has 0 aromatic heterocycles. The predicted molar refractivity (Wildman–Crippen MR) is 68.1 cm³/mol. The van der Waals surface area contributed by atoms with Crippen LogP contribution in [-0.4, -0.2) is 22.0 Å². The fraction of sp³-hybridized carbons (Fsp3) is 0.308. The molecule has 98 valence electrons. The van der Waals surface area contributed by atoms with Crippen LogP contribution in [0.2, 0.25) is 0 Å². The highest BCUT2D eigenvalue weighted by molar-refractivity contribution is 5.81. The molecule has 0 saturated carbocycles. The van der Waals surface area contributed by atoms with Gasteiger partial charge >= 0.3 is 5.97 Å². The van der Waals surface area contributed by atoms with E-state index in [-0.39, 0.29) is 17.5 Å². The monoisotopic (exact) mass is 260 g/mol. The van der Waals surface area contributed by atoms with E-state index in [1.165, 1.54) is 12.1 Å². The van der Waals surface area contributed by atoms with Crippen LogP contribution in [0.3, 0.4) is 0 Å². The second kappa shape index (κ2) is 4.08. The molecule has 2 aliphatic rings. The van der Waals surface area contributed by atoms with Crippen molar-refractivity contribution in [3.05, 3.63) is 46.0 Å². The number of fused-ring (bicyclic) bond motifs is 3. The molecule has 0 fully saturated rings. The highest BCUT2D eigenvalue weighted by Crippen LogP contribution is 2.45. The molecule has 3 rings (SSSR count). The minimum Gasteiger partial charge on any atom is -0.480 e. The van der Waals surface area contributed by atoms with Crippen LogP contribution in [0.15, 0.2) is 30.4 Å². The molecular weight excluding hydrogens is 248 g/mol. The summed E-state index contributed by atoms with van der Waals surface area (Å²) in [6.07, 6.45) is 4.57. The van der Waals surface area contributed by atoms with E-state index in [0.29, 0.717) is 12.1 Å². The molecular formula is C13H12N2O4. The second-order valence-electron chi connectivity index (χ2n) is 4.84. The Labute approximate surface area is 108 Å². The van der Waals surface area contributed by atoms with Gasteiger partial charge in [-0.3, -0.25) is 10.1 Å². The van der Waals surface area contributed by atoms with E-state index < -0.39 is 16.9 Å². The number of nitro benzene ring substituents is 1. The van der Waals surface area contributed by atoms with Crippen molar-refractivity contribution in [1.82, 2.24) is 0 Å². The Morgan fingerprint density at radius 3 is 2.95 bits per heavy atom. The van der Waals surface area contributed by atoms with Crippen LogP contribution in [0, 0.1) is 16.0 Å². The van der Waals surface area contributed by atoms with Crippen molar-refractivity contribution in [3.8, 4) is 0 Å². The van der Waals surface area contributed by atoms with Gasteiger partial charge in [-0.25, -0.2) is 4.79 Å². The predicted octanol–water partition coefficient (Wildman–Crippen LogP) is 2.13. The number of nitrogens with one attached hydrogen (secondary N) is 1. The summed E-state index contributed by atoms with van der Waals surface area (Å²) >= 11 is 0. The fourth-order valence-corrected chi connectivity index (χ4v) is 2.94. The Balaban J connectivity index is 2.08. The number of carboxylic acid groups (broad SMARTS) is 1. The number of carbonyl (C=O) groups is 1. The number of anilines is 1. The van der Waals surface area contributed by atoms with Gasteiger partial charge in [-0.15, -0.1) is 0 Å². The number of nitrogens with zero attached hydrogens (tertiary/aromatic N) is 1. The summed E-state index contributed by atoms with van der Waals surface area (Å²) in [7, 11) is 0. The van der Waals surface area contributed by atoms with Crippen LogP contribution in [0.1, 0.15) is 17.9 Å². The van der Waals surface area contributed by atoms with Gasteiger partial charge in [0.25, 0.3) is 5.69 Å². The van der Waals surface area contributed by atoms with Gasteiger partial charge in [-0.2, -0.15) is 0 Å². The Kier molecular flexibility index (Phi) is 2.51. The van der Waals surface area contributed by atoms with Crippen molar-refractivity contribution in [2.24, 2.45) is 5.92 Å². The first-order valence-corrected chi connectivity index (χ1v) is 6.02. The summed E-state index contributed by atoms with van der Waals surface area (Å²) in [5.74, 6) is -1.02. The maximum Gasteiger partial charge on any atom is 0.326 e. The largest absolute Gasteiger partial charge is 0.480 e. The van der Waals surface area contributed by atoms with Gasteiger partial charge in [-0.05, 0) is 18.1 Å². The number of nitro groups is 1. The van der Waals surface area contributed by atoms with Crippen molar-refractivity contribution in [2.75, 3.05) is 5.32 Å². The Morgan fingerprint density at radius 1 is 1.47 bits per heavy atom. The zero-order valence-corrected chi connectivity index (χ0v) is 9.95. The van der Waals surface area contributed by atoms with E-state index in [9.17, 15) is 20.0 Å². The lowest BCUT2D eigenvalue weighted by molar-refractivity contribution is -0.384. The van der Waals surface area contributed by atoms with E-state index in [1.54, 1.807) is 6.07 Å². The molecule has 0 amide bonds. The van der Waals surface area contributed by atoms with Gasteiger partial charge in [0, 0.05) is 29.7 Å². The molecule has 1 aliphatic carbocycles. The van der Waals surface area contributed by atoms with Crippen molar-refractivity contribution in [3.63, 3.8) is 0 Å². The van der Waals surface area contributed by atoms with Crippen LogP contribution in [0.25, 0.3) is 0 Å². The van der Waals surface area contributed by atoms with Gasteiger partial charge < -0.3 is 10.4 Å². The lowest BCUT2D eigenvalue weighted by Crippen LogP contribution is -2.41. The number of benzene rings is 1. The molecule has 6 heteroatoms. The quantitative estimate of drug-likeness (QED) is 0.482. The van der Waals surface area contributed by atoms with Crippen LogP contribution in [0.4, 0.5) is 11.4 Å². The second-order valence-corrected chi connectivity index (χ2v) is 4.84. The summed E-state index contributed by atoms with van der Waals surface area (Å²) in [5.41, 5.74) is 1.52. The van der Waals surface area contributed by atoms with Crippen molar-refractivity contribution < 1.29 is 14.8 Å². The number of aliphatic carboxylic acids is 1. The smallest absolute Gasteiger partial charge is 0.326 e. The average Bonchev–Trinajstić information content (AvgIpc) is 2.86. The third kappa shape index (κ3) is 1.76. The normalized spacial score (nSPS) is 27.3. The average molecular weight is 260 g/mol. The van der Waals surface area contributed by atoms with Crippen LogP contribution in [-0.2, 0) is 4.79 Å². The highest BCUT2D eigenvalue weighted by atomic mass is 16.6. The molecule has 1 aliphatic heterocycles. The summed E-state index contributed by atoms with van der Waals surface area (Å²) in [4.78, 5) is 21.7. The third-order valence-electron chi connectivity index (χ3n) is 3.82. The summed E-state index contributed by atoms with van der Waals surface area (Å²) in [6, 6.07) is 3.87. The summed E-state index contributed by atoms with van der Waals surface area (Å²) in [5, 5.41) is 23.1. The number of carboxylic acids is 1. The molecule has 19 heavy (non-hydrogen) atoms. The number of rotatable bonds is 2. The molecule has 0 unspecified atom stereocenters. The first-order valence-electron chi connectivity index (χ1n) is 6.02. The van der Waals surface area contributed by atoms with Crippen LogP contribution in [0.5, 0.6) is 0 Å². The molecule has 1 aromatic rings. The molecule has 2 N–H and O–H groups in total. The minimum atomic E-state index is -0.886. The molecule has 1 heterocycles. The standard InChI is InChI=1S/C13H12N2O4/c16-13(17)12-9-3-1-2-8(9)10-6-7(15(18)19)4-5-11(10)14-12/h1-2,4-6,8-9,12,14H,3H2,(H,16,17)/t8-,9+,12-/m1/s1. The minimum absolute atomic E-state index is 0.0355. The van der Waals surface area contributed by atoms with Crippen molar-refractivity contribution in [2.45, 2.75) is 18.4 Å². The van der Waals surface area contributed by atoms with E-state index in [0.717, 1.165) is 5.56 Å². The Morgan fingerprint density at radius 2 is 2.26 bits per heavy atom. The highest BCUT2D eigenvalue weighted by Gasteiger charge is 2.41.